The molecule has 0 bridgehead atoms. The van der Waals surface area contributed by atoms with Crippen molar-refractivity contribution < 1.29 is 9.53 Å². The van der Waals surface area contributed by atoms with E-state index in [4.69, 9.17) is 4.74 Å². The van der Waals surface area contributed by atoms with E-state index in [0.717, 1.165) is 10.6 Å². The van der Waals surface area contributed by atoms with Gasteiger partial charge in [-0.05, 0) is 22.9 Å². The molecule has 0 aliphatic rings. The predicted molar refractivity (Wildman–Crippen MR) is 69.5 cm³/mol. The van der Waals surface area contributed by atoms with Gasteiger partial charge in [0.15, 0.2) is 0 Å². The lowest BCUT2D eigenvalue weighted by Crippen LogP contribution is -2.01. The normalized spacial score (nSPS) is 10.3. The number of thiophene rings is 2. The van der Waals surface area contributed by atoms with Crippen molar-refractivity contribution in [2.75, 3.05) is 7.11 Å². The van der Waals surface area contributed by atoms with Gasteiger partial charge in [-0.3, -0.25) is 0 Å². The first-order valence-electron chi connectivity index (χ1n) is 4.62. The van der Waals surface area contributed by atoms with Gasteiger partial charge in [-0.2, -0.15) is 0 Å². The summed E-state index contributed by atoms with van der Waals surface area (Å²) in [7, 11) is 1.41. The van der Waals surface area contributed by atoms with Crippen molar-refractivity contribution >= 4 is 40.4 Å². The van der Waals surface area contributed by atoms with Crippen LogP contribution in [0.1, 0.15) is 15.2 Å². The van der Waals surface area contributed by atoms with Gasteiger partial charge in [0.1, 0.15) is 0 Å². The Hall–Kier alpha value is -0.780. The first kappa shape index (κ1) is 11.7. The number of rotatable bonds is 4. The third kappa shape index (κ3) is 2.66. The molecule has 5 heteroatoms. The van der Waals surface area contributed by atoms with Crippen LogP contribution in [-0.2, 0) is 10.5 Å². The highest BCUT2D eigenvalue weighted by atomic mass is 32.2. The zero-order valence-corrected chi connectivity index (χ0v) is 11.1. The Labute approximate surface area is 106 Å². The van der Waals surface area contributed by atoms with Crippen molar-refractivity contribution in [3.05, 3.63) is 39.4 Å². The monoisotopic (exact) mass is 270 g/mol. The Morgan fingerprint density at radius 1 is 1.38 bits per heavy atom. The van der Waals surface area contributed by atoms with Crippen LogP contribution in [0.2, 0.25) is 0 Å². The number of ether oxygens (including phenoxy) is 1. The molecule has 84 valence electrons. The minimum absolute atomic E-state index is 0.247. The summed E-state index contributed by atoms with van der Waals surface area (Å²) in [5.41, 5.74) is 0.691. The van der Waals surface area contributed by atoms with E-state index < -0.39 is 0 Å². The van der Waals surface area contributed by atoms with E-state index in [1.165, 1.54) is 11.3 Å². The topological polar surface area (TPSA) is 26.3 Å². The first-order valence-corrected chi connectivity index (χ1v) is 7.36. The predicted octanol–water partition coefficient (Wildman–Crippen LogP) is 3.89. The van der Waals surface area contributed by atoms with Crippen molar-refractivity contribution in [2.45, 2.75) is 9.96 Å². The van der Waals surface area contributed by atoms with Gasteiger partial charge in [0, 0.05) is 10.6 Å². The highest BCUT2D eigenvalue weighted by Gasteiger charge is 2.13. The molecule has 0 aliphatic carbocycles. The van der Waals surface area contributed by atoms with E-state index in [2.05, 4.69) is 11.4 Å². The molecule has 0 radical (unpaired) electrons. The number of hydrogen-bond donors (Lipinski definition) is 0. The Morgan fingerprint density at radius 2 is 2.25 bits per heavy atom. The second-order valence-corrected chi connectivity index (χ2v) is 6.19. The maximum atomic E-state index is 11.4. The largest absolute Gasteiger partial charge is 0.465 e. The molecule has 2 nitrogen and oxygen atoms in total. The SMILES string of the molecule is COC(=O)c1ccsc1CSc1cccs1. The lowest BCUT2D eigenvalue weighted by Gasteiger charge is -2.00. The fraction of sp³-hybridized carbons (Fsp3) is 0.182. The summed E-state index contributed by atoms with van der Waals surface area (Å²) >= 11 is 5.06. The van der Waals surface area contributed by atoms with Crippen molar-refractivity contribution in [1.29, 1.82) is 0 Å². The van der Waals surface area contributed by atoms with Gasteiger partial charge in [0.05, 0.1) is 16.9 Å². The van der Waals surface area contributed by atoms with Crippen LogP contribution in [0.3, 0.4) is 0 Å². The third-order valence-corrected chi connectivity index (χ3v) is 5.25. The van der Waals surface area contributed by atoms with Crippen LogP contribution in [0, 0.1) is 0 Å². The fourth-order valence-electron chi connectivity index (χ4n) is 1.23. The fourth-order valence-corrected chi connectivity index (χ4v) is 3.99. The third-order valence-electron chi connectivity index (χ3n) is 1.99. The average molecular weight is 270 g/mol. The molecule has 0 saturated heterocycles. The summed E-state index contributed by atoms with van der Waals surface area (Å²) in [6.07, 6.45) is 0. The van der Waals surface area contributed by atoms with E-state index in [0.29, 0.717) is 5.56 Å². The zero-order valence-electron chi connectivity index (χ0n) is 8.64. The van der Waals surface area contributed by atoms with Crippen LogP contribution in [0.15, 0.2) is 33.2 Å². The molecular formula is C11H10O2S3. The number of carbonyl (C=O) groups excluding carboxylic acids is 1. The second-order valence-electron chi connectivity index (χ2n) is 2.97. The molecule has 2 aromatic heterocycles. The second kappa shape index (κ2) is 5.52. The molecule has 0 saturated carbocycles. The molecule has 0 atom stereocenters. The van der Waals surface area contributed by atoms with Crippen LogP contribution in [0.5, 0.6) is 0 Å². The van der Waals surface area contributed by atoms with Gasteiger partial charge in [-0.15, -0.1) is 34.4 Å². The zero-order chi connectivity index (χ0) is 11.4. The Balaban J connectivity index is 2.04. The molecule has 0 fully saturated rings. The van der Waals surface area contributed by atoms with Gasteiger partial charge in [-0.25, -0.2) is 4.79 Å². The molecule has 0 unspecified atom stereocenters. The van der Waals surface area contributed by atoms with Crippen molar-refractivity contribution in [2.24, 2.45) is 0 Å². The van der Waals surface area contributed by atoms with Crippen molar-refractivity contribution in [3.63, 3.8) is 0 Å². The highest BCUT2D eigenvalue weighted by Crippen LogP contribution is 2.30. The minimum atomic E-state index is -0.247. The summed E-state index contributed by atoms with van der Waals surface area (Å²) in [4.78, 5) is 12.5. The van der Waals surface area contributed by atoms with E-state index in [9.17, 15) is 4.79 Å². The molecule has 16 heavy (non-hydrogen) atoms. The molecule has 2 aromatic rings. The first-order chi connectivity index (χ1) is 7.81. The molecule has 2 rings (SSSR count). The van der Waals surface area contributed by atoms with Crippen molar-refractivity contribution in [3.8, 4) is 0 Å². The van der Waals surface area contributed by atoms with Gasteiger partial charge >= 0.3 is 5.97 Å². The maximum Gasteiger partial charge on any atom is 0.339 e. The molecule has 0 aliphatic heterocycles. The van der Waals surface area contributed by atoms with Gasteiger partial charge in [0.2, 0.25) is 0 Å². The molecule has 0 aromatic carbocycles. The number of methoxy groups -OCH3 is 1. The summed E-state index contributed by atoms with van der Waals surface area (Å²) in [5, 5.41) is 3.98. The quantitative estimate of drug-likeness (QED) is 0.623. The number of esters is 1. The maximum absolute atomic E-state index is 11.4. The number of hydrogen-bond acceptors (Lipinski definition) is 5. The lowest BCUT2D eigenvalue weighted by molar-refractivity contribution is 0.0600. The van der Waals surface area contributed by atoms with E-state index in [-0.39, 0.29) is 5.97 Å². The average Bonchev–Trinajstić information content (AvgIpc) is 2.96. The molecule has 0 amide bonds. The summed E-state index contributed by atoms with van der Waals surface area (Å²) in [6.45, 7) is 0. The van der Waals surface area contributed by atoms with Crippen LogP contribution in [0.4, 0.5) is 0 Å². The van der Waals surface area contributed by atoms with Crippen LogP contribution in [0.25, 0.3) is 0 Å². The van der Waals surface area contributed by atoms with Crippen molar-refractivity contribution in [1.82, 2.24) is 0 Å². The van der Waals surface area contributed by atoms with Gasteiger partial charge in [0.25, 0.3) is 0 Å². The van der Waals surface area contributed by atoms with Gasteiger partial charge < -0.3 is 4.74 Å². The van der Waals surface area contributed by atoms with Crippen LogP contribution in [-0.4, -0.2) is 13.1 Å². The van der Waals surface area contributed by atoms with E-state index in [1.54, 1.807) is 34.4 Å². The molecule has 0 N–H and O–H groups in total. The molecule has 2 heterocycles. The van der Waals surface area contributed by atoms with E-state index >= 15 is 0 Å². The Bertz CT molecular complexity index is 459. The molecular weight excluding hydrogens is 260 g/mol. The smallest absolute Gasteiger partial charge is 0.339 e. The van der Waals surface area contributed by atoms with Gasteiger partial charge in [-0.1, -0.05) is 6.07 Å². The Kier molecular flexibility index (Phi) is 4.04. The summed E-state index contributed by atoms with van der Waals surface area (Å²) < 4.78 is 6.00. The highest BCUT2D eigenvalue weighted by molar-refractivity contribution is 8.00. The summed E-state index contributed by atoms with van der Waals surface area (Å²) in [6, 6.07) is 5.93. The molecule has 0 spiro atoms. The van der Waals surface area contributed by atoms with Crippen LogP contribution >= 0.6 is 34.4 Å². The minimum Gasteiger partial charge on any atom is -0.465 e. The van der Waals surface area contributed by atoms with E-state index in [1.807, 2.05) is 17.5 Å². The number of carbonyl (C=O) groups is 1. The lowest BCUT2D eigenvalue weighted by atomic mass is 10.3. The summed E-state index contributed by atoms with van der Waals surface area (Å²) in [5.74, 6) is 0.575. The standard InChI is InChI=1S/C11H10O2S3/c1-13-11(12)8-4-6-14-9(8)7-16-10-3-2-5-15-10/h2-6H,7H2,1H3. The number of thioether (sulfide) groups is 1. The van der Waals surface area contributed by atoms with Crippen LogP contribution < -0.4 is 0 Å². The Morgan fingerprint density at radius 3 is 2.94 bits per heavy atom.